The van der Waals surface area contributed by atoms with Crippen molar-refractivity contribution < 1.29 is 14.3 Å². The fourth-order valence-corrected chi connectivity index (χ4v) is 2.26. The Hall–Kier alpha value is -3.19. The molecule has 0 aliphatic carbocycles. The van der Waals surface area contributed by atoms with Gasteiger partial charge in [0.25, 0.3) is 0 Å². The zero-order valence-electron chi connectivity index (χ0n) is 14.4. The van der Waals surface area contributed by atoms with E-state index in [0.29, 0.717) is 11.4 Å². The van der Waals surface area contributed by atoms with Gasteiger partial charge in [-0.25, -0.2) is 0 Å². The van der Waals surface area contributed by atoms with Crippen LogP contribution in [0.3, 0.4) is 0 Å². The van der Waals surface area contributed by atoms with Crippen LogP contribution < -0.4 is 20.7 Å². The lowest BCUT2D eigenvalue weighted by Gasteiger charge is -2.09. The van der Waals surface area contributed by atoms with E-state index in [2.05, 4.69) is 16.0 Å². The Morgan fingerprint density at radius 2 is 1.54 bits per heavy atom. The second kappa shape index (κ2) is 9.33. The van der Waals surface area contributed by atoms with Crippen LogP contribution >= 0.6 is 12.2 Å². The summed E-state index contributed by atoms with van der Waals surface area (Å²) in [5, 5.41) is 8.32. The first kappa shape index (κ1) is 19.1. The Kier molecular flexibility index (Phi) is 6.87. The van der Waals surface area contributed by atoms with E-state index in [1.807, 2.05) is 24.3 Å². The quantitative estimate of drug-likeness (QED) is 0.557. The Bertz CT molecular complexity index is 815. The number of amides is 2. The number of thiocarbonyl (C=S) groups is 1. The summed E-state index contributed by atoms with van der Waals surface area (Å²) in [5.41, 5.74) is 2.25. The van der Waals surface area contributed by atoms with Crippen LogP contribution in [0.5, 0.6) is 5.75 Å². The van der Waals surface area contributed by atoms with E-state index in [1.165, 1.54) is 13.0 Å². The van der Waals surface area contributed by atoms with E-state index in [9.17, 15) is 9.59 Å². The highest BCUT2D eigenvalue weighted by molar-refractivity contribution is 7.80. The second-order valence-corrected chi connectivity index (χ2v) is 5.72. The number of anilines is 2. The molecule has 134 valence electrons. The number of hydrogen-bond donors (Lipinski definition) is 3. The molecule has 0 atom stereocenters. The topological polar surface area (TPSA) is 79.5 Å². The van der Waals surface area contributed by atoms with Crippen LogP contribution in [0.1, 0.15) is 12.5 Å². The molecular weight excluding hydrogens is 350 g/mol. The molecule has 6 nitrogen and oxygen atoms in total. The van der Waals surface area contributed by atoms with Crippen LogP contribution in [-0.2, 0) is 9.59 Å². The van der Waals surface area contributed by atoms with E-state index in [0.717, 1.165) is 11.3 Å². The molecule has 0 aromatic heterocycles. The highest BCUT2D eigenvalue weighted by Gasteiger charge is 2.02. The summed E-state index contributed by atoms with van der Waals surface area (Å²) in [6.07, 6.45) is 3.08. The van der Waals surface area contributed by atoms with Crippen LogP contribution in [0.2, 0.25) is 0 Å². The molecule has 0 saturated heterocycles. The SMILES string of the molecule is COc1ccc(C=CC(=O)NC(=S)Nc2ccc(NC(C)=O)cc2)cc1. The predicted molar refractivity (Wildman–Crippen MR) is 107 cm³/mol. The Balaban J connectivity index is 1.85. The summed E-state index contributed by atoms with van der Waals surface area (Å²) in [6.45, 7) is 1.44. The van der Waals surface area contributed by atoms with E-state index in [-0.39, 0.29) is 16.9 Å². The van der Waals surface area contributed by atoms with Crippen molar-refractivity contribution in [3.05, 3.63) is 60.2 Å². The van der Waals surface area contributed by atoms with Crippen LogP contribution in [0.25, 0.3) is 6.08 Å². The number of hydrogen-bond acceptors (Lipinski definition) is 4. The molecule has 2 aromatic carbocycles. The van der Waals surface area contributed by atoms with Gasteiger partial charge in [0, 0.05) is 24.4 Å². The van der Waals surface area contributed by atoms with Crippen LogP contribution in [0.15, 0.2) is 54.6 Å². The molecule has 0 aliphatic heterocycles. The van der Waals surface area contributed by atoms with Gasteiger partial charge in [-0.15, -0.1) is 0 Å². The van der Waals surface area contributed by atoms with Gasteiger partial charge in [-0.2, -0.15) is 0 Å². The third-order valence-electron chi connectivity index (χ3n) is 3.24. The first-order valence-corrected chi connectivity index (χ1v) is 8.19. The first-order chi connectivity index (χ1) is 12.5. The van der Waals surface area contributed by atoms with Crippen molar-refractivity contribution in [2.45, 2.75) is 6.92 Å². The molecule has 3 N–H and O–H groups in total. The van der Waals surface area contributed by atoms with Crippen molar-refractivity contribution in [2.75, 3.05) is 17.7 Å². The first-order valence-electron chi connectivity index (χ1n) is 7.78. The van der Waals surface area contributed by atoms with Gasteiger partial charge in [-0.3, -0.25) is 14.9 Å². The number of carbonyl (C=O) groups is 2. The minimum atomic E-state index is -0.340. The molecule has 0 heterocycles. The lowest BCUT2D eigenvalue weighted by atomic mass is 10.2. The monoisotopic (exact) mass is 369 g/mol. The maximum atomic E-state index is 11.9. The summed E-state index contributed by atoms with van der Waals surface area (Å²) in [6, 6.07) is 14.3. The number of ether oxygens (including phenoxy) is 1. The molecule has 0 unspecified atom stereocenters. The van der Waals surface area contributed by atoms with E-state index in [1.54, 1.807) is 37.5 Å². The maximum absolute atomic E-state index is 11.9. The van der Waals surface area contributed by atoms with Gasteiger partial charge >= 0.3 is 0 Å². The molecular formula is C19H19N3O3S. The molecule has 0 spiro atoms. The summed E-state index contributed by atoms with van der Waals surface area (Å²) in [5.74, 6) is 0.270. The number of methoxy groups -OCH3 is 1. The Morgan fingerprint density at radius 1 is 0.962 bits per heavy atom. The van der Waals surface area contributed by atoms with Gasteiger partial charge in [0.15, 0.2) is 5.11 Å². The Morgan fingerprint density at radius 3 is 2.08 bits per heavy atom. The van der Waals surface area contributed by atoms with E-state index in [4.69, 9.17) is 17.0 Å². The third-order valence-corrected chi connectivity index (χ3v) is 3.45. The smallest absolute Gasteiger partial charge is 0.250 e. The van der Waals surface area contributed by atoms with Crippen molar-refractivity contribution in [3.8, 4) is 5.75 Å². The average Bonchev–Trinajstić information content (AvgIpc) is 2.61. The normalized spacial score (nSPS) is 10.2. The molecule has 0 saturated carbocycles. The summed E-state index contributed by atoms with van der Waals surface area (Å²) >= 11 is 5.12. The number of benzene rings is 2. The average molecular weight is 369 g/mol. The van der Waals surface area contributed by atoms with Crippen molar-refractivity contribution in [1.29, 1.82) is 0 Å². The molecule has 26 heavy (non-hydrogen) atoms. The van der Waals surface area contributed by atoms with Crippen LogP contribution in [0, 0.1) is 0 Å². The Labute approximate surface area is 157 Å². The highest BCUT2D eigenvalue weighted by Crippen LogP contribution is 2.14. The van der Waals surface area contributed by atoms with Crippen molar-refractivity contribution in [3.63, 3.8) is 0 Å². The van der Waals surface area contributed by atoms with Crippen molar-refractivity contribution in [1.82, 2.24) is 5.32 Å². The summed E-state index contributed by atoms with van der Waals surface area (Å²) < 4.78 is 5.08. The van der Waals surface area contributed by atoms with Gasteiger partial charge in [-0.1, -0.05) is 12.1 Å². The molecule has 0 fully saturated rings. The molecule has 2 amide bonds. The minimum Gasteiger partial charge on any atom is -0.497 e. The fourth-order valence-electron chi connectivity index (χ4n) is 2.04. The maximum Gasteiger partial charge on any atom is 0.250 e. The summed E-state index contributed by atoms with van der Waals surface area (Å²) in [4.78, 5) is 22.9. The van der Waals surface area contributed by atoms with Crippen molar-refractivity contribution in [2.24, 2.45) is 0 Å². The minimum absolute atomic E-state index is 0.142. The highest BCUT2D eigenvalue weighted by atomic mass is 32.1. The summed E-state index contributed by atoms with van der Waals surface area (Å²) in [7, 11) is 1.60. The zero-order valence-corrected chi connectivity index (χ0v) is 15.2. The lowest BCUT2D eigenvalue weighted by Crippen LogP contribution is -2.32. The van der Waals surface area contributed by atoms with Gasteiger partial charge in [0.2, 0.25) is 11.8 Å². The number of rotatable bonds is 5. The van der Waals surface area contributed by atoms with E-state index >= 15 is 0 Å². The molecule has 2 rings (SSSR count). The fraction of sp³-hybridized carbons (Fsp3) is 0.105. The second-order valence-electron chi connectivity index (χ2n) is 5.31. The standard InChI is InChI=1S/C19H19N3O3S/c1-13(23)20-15-6-8-16(9-7-15)21-19(26)22-18(24)12-5-14-3-10-17(25-2)11-4-14/h3-12H,1-2H3,(H,20,23)(H2,21,22,24,26). The lowest BCUT2D eigenvalue weighted by molar-refractivity contribution is -0.115. The molecule has 0 radical (unpaired) electrons. The molecule has 0 aliphatic rings. The number of carbonyl (C=O) groups excluding carboxylic acids is 2. The van der Waals surface area contributed by atoms with Crippen molar-refractivity contribution >= 4 is 46.6 Å². The van der Waals surface area contributed by atoms with Gasteiger partial charge in [0.1, 0.15) is 5.75 Å². The number of nitrogens with one attached hydrogen (secondary N) is 3. The molecule has 2 aromatic rings. The van der Waals surface area contributed by atoms with E-state index < -0.39 is 0 Å². The van der Waals surface area contributed by atoms with Crippen LogP contribution in [0.4, 0.5) is 11.4 Å². The van der Waals surface area contributed by atoms with Gasteiger partial charge in [0.05, 0.1) is 7.11 Å². The molecule has 7 heteroatoms. The van der Waals surface area contributed by atoms with Crippen LogP contribution in [-0.4, -0.2) is 24.0 Å². The van der Waals surface area contributed by atoms with Gasteiger partial charge in [-0.05, 0) is 60.3 Å². The third kappa shape index (κ3) is 6.37. The van der Waals surface area contributed by atoms with Gasteiger partial charge < -0.3 is 15.4 Å². The predicted octanol–water partition coefficient (Wildman–Crippen LogP) is 3.18. The zero-order chi connectivity index (χ0) is 18.9. The largest absolute Gasteiger partial charge is 0.497 e. The molecule has 0 bridgehead atoms.